The monoisotopic (exact) mass is 295 g/mol. The molecular weight excluding hydrogens is 274 g/mol. The Morgan fingerprint density at radius 3 is 2.55 bits per heavy atom. The second-order valence-corrected chi connectivity index (χ2v) is 7.68. The molecule has 0 spiro atoms. The maximum Gasteiger partial charge on any atom is 0.244 e. The molecule has 110 valence electrons. The second-order valence-electron chi connectivity index (χ2n) is 5.79. The van der Waals surface area contributed by atoms with Gasteiger partial charge in [0.25, 0.3) is 0 Å². The number of hydrogen-bond acceptors (Lipinski definition) is 4. The van der Waals surface area contributed by atoms with Crippen molar-refractivity contribution in [3.05, 3.63) is 18.3 Å². The van der Waals surface area contributed by atoms with Gasteiger partial charge in [0.1, 0.15) is 10.7 Å². The third kappa shape index (κ3) is 2.42. The van der Waals surface area contributed by atoms with Gasteiger partial charge >= 0.3 is 0 Å². The Hall–Kier alpha value is -1.14. The van der Waals surface area contributed by atoms with Crippen LogP contribution in [0.15, 0.2) is 23.2 Å². The van der Waals surface area contributed by atoms with Gasteiger partial charge in [0.2, 0.25) is 10.0 Å². The molecule has 5 nitrogen and oxygen atoms in total. The highest BCUT2D eigenvalue weighted by Gasteiger charge is 2.40. The van der Waals surface area contributed by atoms with E-state index in [1.165, 1.54) is 19.0 Å². The first kappa shape index (κ1) is 13.8. The number of sulfonamides is 1. The number of pyridine rings is 1. The Morgan fingerprint density at radius 2 is 1.90 bits per heavy atom. The molecule has 1 aliphatic carbocycles. The molecule has 1 aliphatic heterocycles. The second kappa shape index (κ2) is 5.33. The summed E-state index contributed by atoms with van der Waals surface area (Å²) in [5, 5.41) is 0. The van der Waals surface area contributed by atoms with Gasteiger partial charge in [0.05, 0.1) is 0 Å². The highest BCUT2D eigenvalue weighted by molar-refractivity contribution is 7.89. The van der Waals surface area contributed by atoms with E-state index < -0.39 is 10.0 Å². The molecule has 1 atom stereocenters. The number of nitrogens with two attached hydrogens (primary N) is 1. The summed E-state index contributed by atoms with van der Waals surface area (Å²) in [6.45, 7) is 0.633. The molecule has 0 aromatic carbocycles. The summed E-state index contributed by atoms with van der Waals surface area (Å²) in [4.78, 5) is 4.17. The van der Waals surface area contributed by atoms with Crippen molar-refractivity contribution >= 4 is 15.8 Å². The summed E-state index contributed by atoms with van der Waals surface area (Å²) in [5.41, 5.74) is 5.53. The van der Waals surface area contributed by atoms with Crippen LogP contribution in [0.25, 0.3) is 0 Å². The number of nitrogen functional groups attached to an aromatic ring is 1. The summed E-state index contributed by atoms with van der Waals surface area (Å²) in [7, 11) is -3.43. The van der Waals surface area contributed by atoms with Crippen molar-refractivity contribution in [3.8, 4) is 0 Å². The Morgan fingerprint density at radius 1 is 1.15 bits per heavy atom. The largest absolute Gasteiger partial charge is 0.384 e. The molecule has 6 heteroatoms. The molecule has 0 radical (unpaired) electrons. The molecule has 0 bridgehead atoms. The van der Waals surface area contributed by atoms with Gasteiger partial charge in [0.15, 0.2) is 0 Å². The van der Waals surface area contributed by atoms with E-state index in [0.717, 1.165) is 25.7 Å². The van der Waals surface area contributed by atoms with E-state index in [1.54, 1.807) is 16.4 Å². The minimum atomic E-state index is -3.43. The van der Waals surface area contributed by atoms with Crippen molar-refractivity contribution in [3.63, 3.8) is 0 Å². The first-order valence-electron chi connectivity index (χ1n) is 7.32. The molecule has 2 aliphatic rings. The Kier molecular flexibility index (Phi) is 3.69. The number of hydrogen-bond donors (Lipinski definition) is 1. The van der Waals surface area contributed by atoms with Gasteiger partial charge in [-0.3, -0.25) is 0 Å². The number of nitrogens with zero attached hydrogens (tertiary/aromatic N) is 2. The summed E-state index contributed by atoms with van der Waals surface area (Å²) in [5.74, 6) is 0.881. The normalized spacial score (nSPS) is 25.3. The minimum absolute atomic E-state index is 0.181. The van der Waals surface area contributed by atoms with Crippen LogP contribution in [0.4, 0.5) is 5.82 Å². The first-order valence-corrected chi connectivity index (χ1v) is 8.76. The zero-order chi connectivity index (χ0) is 14.2. The standard InChI is InChI=1S/C14H21N3O2S/c15-14-8-7-12(10-16-14)20(18,19)17-9-3-6-13(17)11-4-1-2-5-11/h7-8,10-11,13H,1-6,9H2,(H2,15,16). The molecule has 2 N–H and O–H groups in total. The molecule has 0 amide bonds. The van der Waals surface area contributed by atoms with Gasteiger partial charge in [0, 0.05) is 18.8 Å². The third-order valence-electron chi connectivity index (χ3n) is 4.56. The van der Waals surface area contributed by atoms with E-state index >= 15 is 0 Å². The molecule has 2 heterocycles. The first-order chi connectivity index (χ1) is 9.59. The van der Waals surface area contributed by atoms with Crippen LogP contribution in [-0.2, 0) is 10.0 Å². The van der Waals surface area contributed by atoms with Gasteiger partial charge in [-0.15, -0.1) is 0 Å². The molecule has 1 unspecified atom stereocenters. The van der Waals surface area contributed by atoms with E-state index in [0.29, 0.717) is 18.3 Å². The van der Waals surface area contributed by atoms with Crippen molar-refractivity contribution in [1.82, 2.24) is 9.29 Å². The lowest BCUT2D eigenvalue weighted by Gasteiger charge is -2.28. The fourth-order valence-corrected chi connectivity index (χ4v) is 5.26. The fraction of sp³-hybridized carbons (Fsp3) is 0.643. The molecule has 2 fully saturated rings. The maximum atomic E-state index is 12.8. The smallest absolute Gasteiger partial charge is 0.244 e. The van der Waals surface area contributed by atoms with Crippen molar-refractivity contribution in [2.45, 2.75) is 49.5 Å². The lowest BCUT2D eigenvalue weighted by atomic mass is 9.97. The zero-order valence-electron chi connectivity index (χ0n) is 11.5. The Bertz CT molecular complexity index is 565. The summed E-state index contributed by atoms with van der Waals surface area (Å²) in [6, 6.07) is 3.29. The van der Waals surface area contributed by atoms with E-state index in [4.69, 9.17) is 5.73 Å². The van der Waals surface area contributed by atoms with E-state index in [9.17, 15) is 8.42 Å². The van der Waals surface area contributed by atoms with Crippen LogP contribution in [0.3, 0.4) is 0 Å². The van der Waals surface area contributed by atoms with Gasteiger partial charge < -0.3 is 5.73 Å². The lowest BCUT2D eigenvalue weighted by molar-refractivity contribution is 0.288. The van der Waals surface area contributed by atoms with Crippen LogP contribution in [-0.4, -0.2) is 30.3 Å². The average Bonchev–Trinajstić information content (AvgIpc) is 3.10. The molecule has 1 saturated heterocycles. The lowest BCUT2D eigenvalue weighted by Crippen LogP contribution is -2.39. The van der Waals surface area contributed by atoms with Crippen molar-refractivity contribution < 1.29 is 8.42 Å². The summed E-state index contributed by atoms with van der Waals surface area (Å²) >= 11 is 0. The van der Waals surface area contributed by atoms with Crippen molar-refractivity contribution in [2.24, 2.45) is 5.92 Å². The average molecular weight is 295 g/mol. The van der Waals surface area contributed by atoms with Gasteiger partial charge in [-0.25, -0.2) is 13.4 Å². The molecule has 20 heavy (non-hydrogen) atoms. The Balaban J connectivity index is 1.87. The van der Waals surface area contributed by atoms with Crippen LogP contribution < -0.4 is 5.73 Å². The predicted molar refractivity (Wildman–Crippen MR) is 77.5 cm³/mol. The maximum absolute atomic E-state index is 12.8. The summed E-state index contributed by atoms with van der Waals surface area (Å²) < 4.78 is 27.2. The number of anilines is 1. The van der Waals surface area contributed by atoms with E-state index in [-0.39, 0.29) is 10.9 Å². The zero-order valence-corrected chi connectivity index (χ0v) is 12.3. The summed E-state index contributed by atoms with van der Waals surface area (Å²) in [6.07, 6.45) is 8.12. The minimum Gasteiger partial charge on any atom is -0.384 e. The predicted octanol–water partition coefficient (Wildman–Crippen LogP) is 2.01. The molecule has 1 aromatic rings. The molecular formula is C14H21N3O2S. The molecule has 1 aromatic heterocycles. The van der Waals surface area contributed by atoms with Gasteiger partial charge in [-0.05, 0) is 43.7 Å². The molecule has 1 saturated carbocycles. The number of aromatic nitrogens is 1. The fourth-order valence-electron chi connectivity index (χ4n) is 3.56. The van der Waals surface area contributed by atoms with Crippen LogP contribution in [0.5, 0.6) is 0 Å². The quantitative estimate of drug-likeness (QED) is 0.925. The highest BCUT2D eigenvalue weighted by Crippen LogP contribution is 2.37. The van der Waals surface area contributed by atoms with Crippen LogP contribution in [0, 0.1) is 5.92 Å². The van der Waals surface area contributed by atoms with E-state index in [1.807, 2.05) is 0 Å². The Labute approximate surface area is 120 Å². The molecule has 3 rings (SSSR count). The SMILES string of the molecule is Nc1ccc(S(=O)(=O)N2CCCC2C2CCCC2)cn1. The topological polar surface area (TPSA) is 76.3 Å². The van der Waals surface area contributed by atoms with Crippen LogP contribution in [0.2, 0.25) is 0 Å². The number of rotatable bonds is 3. The highest BCUT2D eigenvalue weighted by atomic mass is 32.2. The van der Waals surface area contributed by atoms with Gasteiger partial charge in [-0.2, -0.15) is 4.31 Å². The van der Waals surface area contributed by atoms with Gasteiger partial charge in [-0.1, -0.05) is 12.8 Å². The van der Waals surface area contributed by atoms with Crippen LogP contribution >= 0.6 is 0 Å². The third-order valence-corrected chi connectivity index (χ3v) is 6.47. The van der Waals surface area contributed by atoms with E-state index in [2.05, 4.69) is 4.98 Å². The van der Waals surface area contributed by atoms with Crippen molar-refractivity contribution in [2.75, 3.05) is 12.3 Å². The van der Waals surface area contributed by atoms with Crippen LogP contribution in [0.1, 0.15) is 38.5 Å². The van der Waals surface area contributed by atoms with Crippen molar-refractivity contribution in [1.29, 1.82) is 0 Å².